The van der Waals surface area contributed by atoms with Crippen molar-refractivity contribution in [3.63, 3.8) is 0 Å². The molecular formula is C10H15N3O4. The number of rotatable bonds is 6. The molecule has 0 radical (unpaired) electrons. The quantitative estimate of drug-likeness (QED) is 0.658. The summed E-state index contributed by atoms with van der Waals surface area (Å²) in [4.78, 5) is 21.8. The normalized spacial score (nSPS) is 10.2. The smallest absolute Gasteiger partial charge is 0.329 e. The minimum Gasteiger partial charge on any atom is -0.480 e. The second-order valence-corrected chi connectivity index (χ2v) is 3.50. The van der Waals surface area contributed by atoms with E-state index in [2.05, 4.69) is 10.4 Å². The summed E-state index contributed by atoms with van der Waals surface area (Å²) >= 11 is 0. The van der Waals surface area contributed by atoms with Gasteiger partial charge in [-0.25, -0.2) is 4.79 Å². The first-order chi connectivity index (χ1) is 8.00. The summed E-state index contributed by atoms with van der Waals surface area (Å²) in [5.74, 6) is -1.27. The van der Waals surface area contributed by atoms with E-state index in [0.29, 0.717) is 11.3 Å². The first-order valence-corrected chi connectivity index (χ1v) is 5.08. The van der Waals surface area contributed by atoms with Gasteiger partial charge < -0.3 is 15.2 Å². The third kappa shape index (κ3) is 4.23. The van der Waals surface area contributed by atoms with Crippen molar-refractivity contribution in [3.8, 4) is 0 Å². The topological polar surface area (TPSA) is 93.5 Å². The highest BCUT2D eigenvalue weighted by atomic mass is 16.5. The molecule has 0 aliphatic heterocycles. The van der Waals surface area contributed by atoms with Crippen LogP contribution >= 0.6 is 0 Å². The van der Waals surface area contributed by atoms with Gasteiger partial charge in [-0.1, -0.05) is 0 Å². The van der Waals surface area contributed by atoms with Crippen LogP contribution in [0.2, 0.25) is 0 Å². The van der Waals surface area contributed by atoms with Crippen LogP contribution < -0.4 is 5.32 Å². The Bertz CT molecular complexity index is 414. The summed E-state index contributed by atoms with van der Waals surface area (Å²) in [6.45, 7) is 1.81. The molecular weight excluding hydrogens is 226 g/mol. The molecule has 0 fully saturated rings. The fourth-order valence-corrected chi connectivity index (χ4v) is 1.31. The van der Waals surface area contributed by atoms with Crippen molar-refractivity contribution in [2.45, 2.75) is 6.92 Å². The number of aliphatic carboxylic acids is 1. The van der Waals surface area contributed by atoms with Gasteiger partial charge in [-0.2, -0.15) is 5.10 Å². The van der Waals surface area contributed by atoms with Gasteiger partial charge in [0, 0.05) is 19.8 Å². The number of amides is 1. The third-order valence-corrected chi connectivity index (χ3v) is 2.02. The minimum absolute atomic E-state index is 0.164. The average molecular weight is 241 g/mol. The molecule has 2 N–H and O–H groups in total. The van der Waals surface area contributed by atoms with Gasteiger partial charge >= 0.3 is 5.97 Å². The predicted octanol–water partition coefficient (Wildman–Crippen LogP) is -0.440. The summed E-state index contributed by atoms with van der Waals surface area (Å²) in [7, 11) is 1.74. The maximum Gasteiger partial charge on any atom is 0.329 e. The summed E-state index contributed by atoms with van der Waals surface area (Å²) in [6, 6.07) is 0. The highest BCUT2D eigenvalue weighted by Gasteiger charge is 2.11. The zero-order valence-electron chi connectivity index (χ0n) is 9.77. The number of hydrogen-bond acceptors (Lipinski definition) is 4. The summed E-state index contributed by atoms with van der Waals surface area (Å²) in [6.07, 6.45) is 1.63. The number of hydrogen-bond donors (Lipinski definition) is 2. The number of ether oxygens (including phenoxy) is 1. The highest BCUT2D eigenvalue weighted by molar-refractivity contribution is 5.94. The molecule has 0 bridgehead atoms. The number of aryl methyl sites for hydroxylation is 2. The zero-order chi connectivity index (χ0) is 12.8. The van der Waals surface area contributed by atoms with Gasteiger partial charge in [0.15, 0.2) is 0 Å². The van der Waals surface area contributed by atoms with Crippen molar-refractivity contribution in [1.82, 2.24) is 15.1 Å². The van der Waals surface area contributed by atoms with Gasteiger partial charge in [0.1, 0.15) is 6.61 Å². The number of nitrogens with one attached hydrogen (secondary N) is 1. The zero-order valence-corrected chi connectivity index (χ0v) is 9.77. The van der Waals surface area contributed by atoms with Crippen LogP contribution in [0.1, 0.15) is 16.1 Å². The summed E-state index contributed by atoms with van der Waals surface area (Å²) in [5.41, 5.74) is 1.15. The molecule has 1 aromatic heterocycles. The van der Waals surface area contributed by atoms with E-state index in [1.165, 1.54) is 0 Å². The molecule has 0 aliphatic rings. The van der Waals surface area contributed by atoms with Gasteiger partial charge in [-0.05, 0) is 6.92 Å². The van der Waals surface area contributed by atoms with E-state index in [1.54, 1.807) is 24.9 Å². The largest absolute Gasteiger partial charge is 0.480 e. The number of carboxylic acid groups (broad SMARTS) is 1. The van der Waals surface area contributed by atoms with Crippen LogP contribution in [-0.2, 0) is 16.6 Å². The van der Waals surface area contributed by atoms with E-state index in [1.807, 2.05) is 0 Å². The molecule has 1 amide bonds. The molecule has 94 valence electrons. The Morgan fingerprint density at radius 3 is 2.82 bits per heavy atom. The Balaban J connectivity index is 2.30. The number of aromatic nitrogens is 2. The van der Waals surface area contributed by atoms with E-state index < -0.39 is 5.97 Å². The molecule has 17 heavy (non-hydrogen) atoms. The highest BCUT2D eigenvalue weighted by Crippen LogP contribution is 2.03. The van der Waals surface area contributed by atoms with Gasteiger partial charge in [0.05, 0.1) is 17.9 Å². The second-order valence-electron chi connectivity index (χ2n) is 3.50. The van der Waals surface area contributed by atoms with Crippen LogP contribution in [0.15, 0.2) is 6.20 Å². The van der Waals surface area contributed by atoms with Gasteiger partial charge in [-0.3, -0.25) is 9.48 Å². The van der Waals surface area contributed by atoms with Gasteiger partial charge in [-0.15, -0.1) is 0 Å². The lowest BCUT2D eigenvalue weighted by Gasteiger charge is -2.04. The molecule has 0 spiro atoms. The summed E-state index contributed by atoms with van der Waals surface area (Å²) in [5, 5.41) is 15.0. The predicted molar refractivity (Wildman–Crippen MR) is 58.7 cm³/mol. The van der Waals surface area contributed by atoms with Crippen molar-refractivity contribution >= 4 is 11.9 Å². The second kappa shape index (κ2) is 6.00. The SMILES string of the molecule is Cc1nn(C)cc1C(=O)NCCOCC(=O)O. The molecule has 7 heteroatoms. The Labute approximate surface area is 98.4 Å². The maximum absolute atomic E-state index is 11.6. The fourth-order valence-electron chi connectivity index (χ4n) is 1.31. The van der Waals surface area contributed by atoms with Crippen molar-refractivity contribution in [1.29, 1.82) is 0 Å². The van der Waals surface area contributed by atoms with Crippen molar-refractivity contribution in [2.24, 2.45) is 7.05 Å². The molecule has 1 rings (SSSR count). The molecule has 0 aliphatic carbocycles. The van der Waals surface area contributed by atoms with E-state index in [4.69, 9.17) is 9.84 Å². The average Bonchev–Trinajstić information content (AvgIpc) is 2.56. The molecule has 7 nitrogen and oxygen atoms in total. The monoisotopic (exact) mass is 241 g/mol. The fraction of sp³-hybridized carbons (Fsp3) is 0.500. The molecule has 0 saturated carbocycles. The molecule has 0 atom stereocenters. The van der Waals surface area contributed by atoms with E-state index >= 15 is 0 Å². The van der Waals surface area contributed by atoms with Crippen LogP contribution in [0, 0.1) is 6.92 Å². The first kappa shape index (κ1) is 13.2. The van der Waals surface area contributed by atoms with Crippen molar-refractivity contribution < 1.29 is 19.4 Å². The Morgan fingerprint density at radius 1 is 1.59 bits per heavy atom. The lowest BCUT2D eigenvalue weighted by molar-refractivity contribution is -0.142. The van der Waals surface area contributed by atoms with Crippen LogP contribution in [-0.4, -0.2) is 46.5 Å². The standard InChI is InChI=1S/C10H15N3O4/c1-7-8(5-13(2)12-7)10(16)11-3-4-17-6-9(14)15/h5H,3-4,6H2,1-2H3,(H,11,16)(H,14,15). The minimum atomic E-state index is -1.03. The lowest BCUT2D eigenvalue weighted by atomic mass is 10.2. The molecule has 0 unspecified atom stereocenters. The van der Waals surface area contributed by atoms with E-state index in [9.17, 15) is 9.59 Å². The van der Waals surface area contributed by atoms with Crippen LogP contribution in [0.3, 0.4) is 0 Å². The first-order valence-electron chi connectivity index (χ1n) is 5.08. The molecule has 0 saturated heterocycles. The van der Waals surface area contributed by atoms with Gasteiger partial charge in [0.2, 0.25) is 0 Å². The number of carboxylic acids is 1. The lowest BCUT2D eigenvalue weighted by Crippen LogP contribution is -2.28. The summed E-state index contributed by atoms with van der Waals surface area (Å²) < 4.78 is 6.34. The number of nitrogens with zero attached hydrogens (tertiary/aromatic N) is 2. The van der Waals surface area contributed by atoms with Crippen molar-refractivity contribution in [2.75, 3.05) is 19.8 Å². The van der Waals surface area contributed by atoms with Crippen LogP contribution in [0.5, 0.6) is 0 Å². The molecule has 1 aromatic rings. The number of carbonyl (C=O) groups excluding carboxylic acids is 1. The molecule has 1 heterocycles. The van der Waals surface area contributed by atoms with Crippen molar-refractivity contribution in [3.05, 3.63) is 17.5 Å². The Hall–Kier alpha value is -1.89. The Kier molecular flexibility index (Phi) is 4.65. The van der Waals surface area contributed by atoms with E-state index in [-0.39, 0.29) is 25.7 Å². The molecule has 0 aromatic carbocycles. The van der Waals surface area contributed by atoms with E-state index in [0.717, 1.165) is 0 Å². The van der Waals surface area contributed by atoms with Gasteiger partial charge in [0.25, 0.3) is 5.91 Å². The third-order valence-electron chi connectivity index (χ3n) is 2.02. The Morgan fingerprint density at radius 2 is 2.29 bits per heavy atom. The van der Waals surface area contributed by atoms with Crippen LogP contribution in [0.4, 0.5) is 0 Å². The maximum atomic E-state index is 11.6. The number of carbonyl (C=O) groups is 2. The van der Waals surface area contributed by atoms with Crippen LogP contribution in [0.25, 0.3) is 0 Å².